The summed E-state index contributed by atoms with van der Waals surface area (Å²) in [6.07, 6.45) is 2.44. The fourth-order valence-corrected chi connectivity index (χ4v) is 2.55. The van der Waals surface area contributed by atoms with E-state index in [4.69, 9.17) is 0 Å². The second-order valence-electron chi connectivity index (χ2n) is 5.12. The summed E-state index contributed by atoms with van der Waals surface area (Å²) in [5, 5.41) is 16.8. The molecule has 0 aromatic carbocycles. The van der Waals surface area contributed by atoms with Gasteiger partial charge in [-0.15, -0.1) is 5.10 Å². The maximum atomic E-state index is 4.10. The molecule has 1 atom stereocenters. The van der Waals surface area contributed by atoms with E-state index in [0.29, 0.717) is 17.2 Å². The molecule has 1 aliphatic rings. The molecule has 6 heteroatoms. The van der Waals surface area contributed by atoms with Gasteiger partial charge >= 0.3 is 0 Å². The van der Waals surface area contributed by atoms with Crippen LogP contribution in [0, 0.1) is 5.92 Å². The summed E-state index contributed by atoms with van der Waals surface area (Å²) < 4.78 is 1.98. The number of hydrogen-bond acceptors (Lipinski definition) is 5. The molecule has 1 unspecified atom stereocenters. The van der Waals surface area contributed by atoms with Crippen LogP contribution in [0.25, 0.3) is 0 Å². The van der Waals surface area contributed by atoms with E-state index in [0.717, 1.165) is 18.2 Å². The topological polar surface area (TPSA) is 55.6 Å². The average molecular weight is 255 g/mol. The number of nitrogens with one attached hydrogen (secondary N) is 1. The molecule has 0 saturated heterocycles. The fourth-order valence-electron chi connectivity index (χ4n) is 1.61. The molecule has 5 nitrogen and oxygen atoms in total. The number of aromatic nitrogens is 4. The van der Waals surface area contributed by atoms with Crippen molar-refractivity contribution in [3.05, 3.63) is 0 Å². The van der Waals surface area contributed by atoms with Crippen molar-refractivity contribution in [3.8, 4) is 0 Å². The first kappa shape index (κ1) is 12.8. The van der Waals surface area contributed by atoms with E-state index >= 15 is 0 Å². The molecule has 0 aliphatic heterocycles. The molecule has 0 spiro atoms. The molecule has 1 aromatic heterocycles. The predicted octanol–water partition coefficient (Wildman–Crippen LogP) is 1.73. The van der Waals surface area contributed by atoms with Gasteiger partial charge < -0.3 is 5.32 Å². The molecule has 96 valence electrons. The molecule has 17 heavy (non-hydrogen) atoms. The Hall–Kier alpha value is -0.620. The molecular formula is C11H21N5S. The Balaban J connectivity index is 1.77. The van der Waals surface area contributed by atoms with Crippen molar-refractivity contribution in [2.75, 3.05) is 13.1 Å². The first-order chi connectivity index (χ1) is 8.16. The number of tetrazole rings is 1. The third kappa shape index (κ3) is 3.96. The Labute approximate surface area is 107 Å². The SMILES string of the molecule is CC(C)CNCC(C)Sc1nnnn1C1CC1. The number of rotatable bonds is 7. The van der Waals surface area contributed by atoms with Crippen LogP contribution >= 0.6 is 11.8 Å². The van der Waals surface area contributed by atoms with E-state index in [9.17, 15) is 0 Å². The summed E-state index contributed by atoms with van der Waals surface area (Å²) in [7, 11) is 0. The van der Waals surface area contributed by atoms with Gasteiger partial charge in [-0.05, 0) is 35.7 Å². The van der Waals surface area contributed by atoms with Crippen molar-refractivity contribution < 1.29 is 0 Å². The lowest BCUT2D eigenvalue weighted by Gasteiger charge is -2.13. The van der Waals surface area contributed by atoms with Crippen LogP contribution in [0.4, 0.5) is 0 Å². The van der Waals surface area contributed by atoms with Crippen LogP contribution in [-0.2, 0) is 0 Å². The lowest BCUT2D eigenvalue weighted by atomic mass is 10.2. The van der Waals surface area contributed by atoms with E-state index in [1.165, 1.54) is 12.8 Å². The first-order valence-corrected chi connectivity index (χ1v) is 7.20. The molecule has 1 saturated carbocycles. The molecule has 0 bridgehead atoms. The summed E-state index contributed by atoms with van der Waals surface area (Å²) in [6.45, 7) is 8.72. The second kappa shape index (κ2) is 5.82. The van der Waals surface area contributed by atoms with E-state index in [-0.39, 0.29) is 0 Å². The third-order valence-electron chi connectivity index (χ3n) is 2.65. The van der Waals surface area contributed by atoms with Gasteiger partial charge in [-0.25, -0.2) is 4.68 Å². The Kier molecular flexibility index (Phi) is 4.39. The van der Waals surface area contributed by atoms with Crippen molar-refractivity contribution in [3.63, 3.8) is 0 Å². The third-order valence-corrected chi connectivity index (χ3v) is 3.69. The van der Waals surface area contributed by atoms with Crippen molar-refractivity contribution >= 4 is 11.8 Å². The average Bonchev–Trinajstić information content (AvgIpc) is 3.00. The van der Waals surface area contributed by atoms with Crippen LogP contribution in [0.5, 0.6) is 0 Å². The Morgan fingerprint density at radius 3 is 2.76 bits per heavy atom. The van der Waals surface area contributed by atoms with E-state index in [1.807, 2.05) is 4.68 Å². The van der Waals surface area contributed by atoms with Crippen LogP contribution in [-0.4, -0.2) is 38.5 Å². The van der Waals surface area contributed by atoms with Gasteiger partial charge in [-0.3, -0.25) is 0 Å². The van der Waals surface area contributed by atoms with E-state index in [2.05, 4.69) is 41.6 Å². The summed E-state index contributed by atoms with van der Waals surface area (Å²) in [5.74, 6) is 0.698. The van der Waals surface area contributed by atoms with Crippen LogP contribution in [0.2, 0.25) is 0 Å². The van der Waals surface area contributed by atoms with Crippen molar-refractivity contribution in [1.82, 2.24) is 25.5 Å². The smallest absolute Gasteiger partial charge is 0.209 e. The zero-order valence-corrected chi connectivity index (χ0v) is 11.6. The second-order valence-corrected chi connectivity index (χ2v) is 6.52. The van der Waals surface area contributed by atoms with Crippen LogP contribution in [0.15, 0.2) is 5.16 Å². The zero-order chi connectivity index (χ0) is 12.3. The van der Waals surface area contributed by atoms with Crippen molar-refractivity contribution in [2.24, 2.45) is 5.92 Å². The minimum Gasteiger partial charge on any atom is -0.315 e. The molecule has 2 rings (SSSR count). The Morgan fingerprint density at radius 1 is 1.35 bits per heavy atom. The molecule has 1 fully saturated rings. The lowest BCUT2D eigenvalue weighted by Crippen LogP contribution is -2.26. The van der Waals surface area contributed by atoms with Crippen LogP contribution in [0.3, 0.4) is 0 Å². The molecule has 1 aromatic rings. The van der Waals surface area contributed by atoms with Gasteiger partial charge in [0.1, 0.15) is 0 Å². The minimum absolute atomic E-state index is 0.497. The first-order valence-electron chi connectivity index (χ1n) is 6.32. The summed E-state index contributed by atoms with van der Waals surface area (Å²) in [6, 6.07) is 0.559. The number of nitrogens with zero attached hydrogens (tertiary/aromatic N) is 4. The van der Waals surface area contributed by atoms with Crippen LogP contribution < -0.4 is 5.32 Å². The standard InChI is InChI=1S/C11H21N5S/c1-8(2)6-12-7-9(3)17-11-13-14-15-16(11)10-4-5-10/h8-10,12H,4-7H2,1-3H3. The van der Waals surface area contributed by atoms with Gasteiger partial charge in [0, 0.05) is 11.8 Å². The van der Waals surface area contributed by atoms with Gasteiger partial charge in [0.05, 0.1) is 6.04 Å². The summed E-state index contributed by atoms with van der Waals surface area (Å²) in [4.78, 5) is 0. The fraction of sp³-hybridized carbons (Fsp3) is 0.909. The summed E-state index contributed by atoms with van der Waals surface area (Å²) >= 11 is 1.76. The van der Waals surface area contributed by atoms with E-state index in [1.54, 1.807) is 11.8 Å². The highest BCUT2D eigenvalue weighted by Gasteiger charge is 2.28. The molecule has 1 N–H and O–H groups in total. The number of thioether (sulfide) groups is 1. The van der Waals surface area contributed by atoms with Crippen LogP contribution in [0.1, 0.15) is 39.7 Å². The largest absolute Gasteiger partial charge is 0.315 e. The van der Waals surface area contributed by atoms with Gasteiger partial charge in [-0.1, -0.05) is 32.5 Å². The molecule has 1 aliphatic carbocycles. The van der Waals surface area contributed by atoms with Crippen molar-refractivity contribution in [2.45, 2.75) is 50.1 Å². The quantitative estimate of drug-likeness (QED) is 0.752. The maximum Gasteiger partial charge on any atom is 0.209 e. The van der Waals surface area contributed by atoms with E-state index < -0.39 is 0 Å². The Morgan fingerprint density at radius 2 is 2.12 bits per heavy atom. The highest BCUT2D eigenvalue weighted by molar-refractivity contribution is 7.99. The zero-order valence-electron chi connectivity index (χ0n) is 10.8. The maximum absolute atomic E-state index is 4.10. The molecule has 0 amide bonds. The molecule has 1 heterocycles. The van der Waals surface area contributed by atoms with Gasteiger partial charge in [0.2, 0.25) is 5.16 Å². The Bertz CT molecular complexity index is 347. The normalized spacial score (nSPS) is 17.6. The molecular weight excluding hydrogens is 234 g/mol. The monoisotopic (exact) mass is 255 g/mol. The van der Waals surface area contributed by atoms with Gasteiger partial charge in [0.25, 0.3) is 0 Å². The van der Waals surface area contributed by atoms with Crippen molar-refractivity contribution in [1.29, 1.82) is 0 Å². The van der Waals surface area contributed by atoms with Gasteiger partial charge in [-0.2, -0.15) is 0 Å². The summed E-state index contributed by atoms with van der Waals surface area (Å²) in [5.41, 5.74) is 0. The lowest BCUT2D eigenvalue weighted by molar-refractivity contribution is 0.549. The minimum atomic E-state index is 0.497. The highest BCUT2D eigenvalue weighted by atomic mass is 32.2. The highest BCUT2D eigenvalue weighted by Crippen LogP contribution is 2.36. The predicted molar refractivity (Wildman–Crippen MR) is 69.1 cm³/mol. The molecule has 0 radical (unpaired) electrons. The van der Waals surface area contributed by atoms with Gasteiger partial charge in [0.15, 0.2) is 0 Å². The number of hydrogen-bond donors (Lipinski definition) is 1.